The van der Waals surface area contributed by atoms with E-state index in [1.165, 1.54) is 44.1 Å². The van der Waals surface area contributed by atoms with Crippen LogP contribution in [0.3, 0.4) is 0 Å². The third-order valence-electron chi connectivity index (χ3n) is 3.79. The molecule has 1 aliphatic carbocycles. The molecule has 0 spiro atoms. The number of hydrogen-bond donors (Lipinski definition) is 3. The van der Waals surface area contributed by atoms with E-state index in [2.05, 4.69) is 15.6 Å². The Bertz CT molecular complexity index is 499. The molecule has 0 unspecified atom stereocenters. The molecule has 0 atom stereocenters. The van der Waals surface area contributed by atoms with E-state index < -0.39 is 5.97 Å². The number of aromatic nitrogens is 1. The van der Waals surface area contributed by atoms with Gasteiger partial charge in [-0.2, -0.15) is 0 Å². The number of nitrogens with zero attached hydrogens (tertiary/aromatic N) is 1. The van der Waals surface area contributed by atoms with Gasteiger partial charge in [0, 0.05) is 12.7 Å². The van der Waals surface area contributed by atoms with Crippen LogP contribution in [0.1, 0.15) is 48.9 Å². The smallest absolute Gasteiger partial charge is 0.337 e. The molecule has 0 aliphatic heterocycles. The van der Waals surface area contributed by atoms with Gasteiger partial charge in [0.2, 0.25) is 0 Å². The van der Waals surface area contributed by atoms with Gasteiger partial charge in [-0.1, -0.05) is 25.7 Å². The quantitative estimate of drug-likeness (QED) is 0.703. The summed E-state index contributed by atoms with van der Waals surface area (Å²) in [6, 6.07) is 1.05. The van der Waals surface area contributed by atoms with Gasteiger partial charge in [0.15, 0.2) is 0 Å². The maximum atomic E-state index is 11.7. The molecule has 1 aromatic rings. The third kappa shape index (κ3) is 5.06. The third-order valence-corrected chi connectivity index (χ3v) is 3.79. The summed E-state index contributed by atoms with van der Waals surface area (Å²) in [6.45, 7) is 0.633. The molecule has 0 saturated heterocycles. The number of urea groups is 1. The minimum absolute atomic E-state index is 0.0500. The van der Waals surface area contributed by atoms with Crippen LogP contribution in [-0.4, -0.2) is 28.6 Å². The number of carbonyl (C=O) groups is 2. The lowest BCUT2D eigenvalue weighted by atomic mass is 10.0. The molecule has 0 aromatic carbocycles. The van der Waals surface area contributed by atoms with E-state index in [0.717, 1.165) is 18.8 Å². The molecule has 1 heterocycles. The zero-order chi connectivity index (χ0) is 15.1. The predicted octanol–water partition coefficient (Wildman–Crippen LogP) is 2.87. The zero-order valence-corrected chi connectivity index (χ0v) is 12.0. The van der Waals surface area contributed by atoms with E-state index in [4.69, 9.17) is 5.11 Å². The highest BCUT2D eigenvalue weighted by Crippen LogP contribution is 2.28. The maximum absolute atomic E-state index is 11.7. The molecule has 21 heavy (non-hydrogen) atoms. The van der Waals surface area contributed by atoms with Crippen molar-refractivity contribution in [3.8, 4) is 0 Å². The Hall–Kier alpha value is -2.11. The zero-order valence-electron chi connectivity index (χ0n) is 12.0. The molecule has 0 radical (unpaired) electrons. The van der Waals surface area contributed by atoms with Crippen LogP contribution in [0, 0.1) is 5.92 Å². The van der Waals surface area contributed by atoms with Gasteiger partial charge in [-0.15, -0.1) is 0 Å². The van der Waals surface area contributed by atoms with Crippen LogP contribution in [-0.2, 0) is 0 Å². The van der Waals surface area contributed by atoms with E-state index in [1.54, 1.807) is 0 Å². The summed E-state index contributed by atoms with van der Waals surface area (Å²) in [6.07, 6.45) is 10.1. The van der Waals surface area contributed by atoms with Gasteiger partial charge in [-0.3, -0.25) is 4.98 Å². The van der Waals surface area contributed by atoms with E-state index >= 15 is 0 Å². The molecule has 2 amide bonds. The van der Waals surface area contributed by atoms with Crippen molar-refractivity contribution in [2.75, 3.05) is 11.9 Å². The number of nitrogens with one attached hydrogen (secondary N) is 2. The number of amides is 2. The lowest BCUT2D eigenvalue weighted by Gasteiger charge is -2.10. The lowest BCUT2D eigenvalue weighted by Crippen LogP contribution is -2.29. The Morgan fingerprint density at radius 2 is 2.05 bits per heavy atom. The fourth-order valence-corrected chi connectivity index (χ4v) is 2.69. The van der Waals surface area contributed by atoms with Crippen LogP contribution in [0.15, 0.2) is 18.5 Å². The average Bonchev–Trinajstić information content (AvgIpc) is 2.97. The summed E-state index contributed by atoms with van der Waals surface area (Å²) < 4.78 is 0. The number of rotatable bonds is 6. The highest BCUT2D eigenvalue weighted by Gasteiger charge is 2.14. The monoisotopic (exact) mass is 291 g/mol. The van der Waals surface area contributed by atoms with Crippen LogP contribution >= 0.6 is 0 Å². The van der Waals surface area contributed by atoms with Crippen molar-refractivity contribution < 1.29 is 14.7 Å². The van der Waals surface area contributed by atoms with Gasteiger partial charge in [-0.25, -0.2) is 9.59 Å². The molecule has 0 bridgehead atoms. The molecule has 114 valence electrons. The van der Waals surface area contributed by atoms with Crippen LogP contribution in [0.4, 0.5) is 10.5 Å². The first kappa shape index (κ1) is 15.3. The average molecular weight is 291 g/mol. The maximum Gasteiger partial charge on any atom is 0.337 e. The van der Waals surface area contributed by atoms with Crippen molar-refractivity contribution >= 4 is 17.7 Å². The Balaban J connectivity index is 1.69. The molecular formula is C15H21N3O3. The first-order chi connectivity index (χ1) is 10.1. The van der Waals surface area contributed by atoms with E-state index in [0.29, 0.717) is 12.2 Å². The number of carboxylic acids is 1. The van der Waals surface area contributed by atoms with Crippen LogP contribution < -0.4 is 10.6 Å². The van der Waals surface area contributed by atoms with Gasteiger partial charge in [0.25, 0.3) is 0 Å². The van der Waals surface area contributed by atoms with Gasteiger partial charge in [0.1, 0.15) is 0 Å². The molecule has 1 aromatic heterocycles. The summed E-state index contributed by atoms with van der Waals surface area (Å²) in [4.78, 5) is 26.3. The number of carboxylic acid groups (broad SMARTS) is 1. The Kier molecular flexibility index (Phi) is 5.54. The second kappa shape index (κ2) is 7.61. The number of carbonyl (C=O) groups excluding carboxylic acids is 1. The Morgan fingerprint density at radius 1 is 1.29 bits per heavy atom. The summed E-state index contributed by atoms with van der Waals surface area (Å²) in [5, 5.41) is 14.2. The van der Waals surface area contributed by atoms with Gasteiger partial charge in [-0.05, 0) is 24.8 Å². The number of pyridine rings is 1. The van der Waals surface area contributed by atoms with E-state index in [-0.39, 0.29) is 11.6 Å². The molecule has 1 aliphatic rings. The van der Waals surface area contributed by atoms with Crippen LogP contribution in [0.2, 0.25) is 0 Å². The fraction of sp³-hybridized carbons (Fsp3) is 0.533. The second-order valence-corrected chi connectivity index (χ2v) is 5.44. The highest BCUT2D eigenvalue weighted by molar-refractivity contribution is 5.92. The SMILES string of the molecule is O=C(NCCCC1CCCC1)Nc1cncc(C(=O)O)c1. The minimum Gasteiger partial charge on any atom is -0.478 e. The minimum atomic E-state index is -1.07. The lowest BCUT2D eigenvalue weighted by molar-refractivity contribution is 0.0696. The first-order valence-electron chi connectivity index (χ1n) is 7.38. The first-order valence-corrected chi connectivity index (χ1v) is 7.38. The number of anilines is 1. The van der Waals surface area contributed by atoms with E-state index in [1.807, 2.05) is 0 Å². The van der Waals surface area contributed by atoms with Crippen LogP contribution in [0.25, 0.3) is 0 Å². The number of aromatic carboxylic acids is 1. The topological polar surface area (TPSA) is 91.3 Å². The summed E-state index contributed by atoms with van der Waals surface area (Å²) in [5.74, 6) is -0.241. The van der Waals surface area contributed by atoms with Gasteiger partial charge in [0.05, 0.1) is 17.4 Å². The van der Waals surface area contributed by atoms with Crippen molar-refractivity contribution in [1.82, 2.24) is 10.3 Å². The Labute approximate surface area is 124 Å². The fourth-order valence-electron chi connectivity index (χ4n) is 2.69. The van der Waals surface area contributed by atoms with Crippen molar-refractivity contribution in [2.24, 2.45) is 5.92 Å². The van der Waals surface area contributed by atoms with Crippen molar-refractivity contribution in [2.45, 2.75) is 38.5 Å². The summed E-state index contributed by atoms with van der Waals surface area (Å²) in [7, 11) is 0. The molecule has 1 fully saturated rings. The molecule has 6 nitrogen and oxygen atoms in total. The van der Waals surface area contributed by atoms with E-state index in [9.17, 15) is 9.59 Å². The van der Waals surface area contributed by atoms with Gasteiger partial charge >= 0.3 is 12.0 Å². The standard InChI is InChI=1S/C15H21N3O3/c19-14(20)12-8-13(10-16-9-12)18-15(21)17-7-3-6-11-4-1-2-5-11/h8-11H,1-7H2,(H,19,20)(H2,17,18,21). The van der Waals surface area contributed by atoms with Crippen LogP contribution in [0.5, 0.6) is 0 Å². The van der Waals surface area contributed by atoms with Crippen molar-refractivity contribution in [1.29, 1.82) is 0 Å². The highest BCUT2D eigenvalue weighted by atomic mass is 16.4. The molecular weight excluding hydrogens is 270 g/mol. The summed E-state index contributed by atoms with van der Waals surface area (Å²) >= 11 is 0. The number of hydrogen-bond acceptors (Lipinski definition) is 3. The normalized spacial score (nSPS) is 14.9. The van der Waals surface area contributed by atoms with Gasteiger partial charge < -0.3 is 15.7 Å². The molecule has 1 saturated carbocycles. The van der Waals surface area contributed by atoms with Crippen molar-refractivity contribution in [3.63, 3.8) is 0 Å². The molecule has 2 rings (SSSR count). The van der Waals surface area contributed by atoms with Crippen molar-refractivity contribution in [3.05, 3.63) is 24.0 Å². The second-order valence-electron chi connectivity index (χ2n) is 5.44. The Morgan fingerprint density at radius 3 is 2.76 bits per heavy atom. The molecule has 3 N–H and O–H groups in total. The summed E-state index contributed by atoms with van der Waals surface area (Å²) in [5.41, 5.74) is 0.428. The molecule has 6 heteroatoms. The largest absolute Gasteiger partial charge is 0.478 e. The predicted molar refractivity (Wildman–Crippen MR) is 79.4 cm³/mol.